The van der Waals surface area contributed by atoms with Gasteiger partial charge in [-0.2, -0.15) is 0 Å². The van der Waals surface area contributed by atoms with E-state index in [1.165, 1.54) is 13.8 Å². The van der Waals surface area contributed by atoms with Gasteiger partial charge in [-0.15, -0.1) is 0 Å². The van der Waals surface area contributed by atoms with Crippen molar-refractivity contribution in [2.75, 3.05) is 0 Å². The summed E-state index contributed by atoms with van der Waals surface area (Å²) in [5, 5.41) is 0. The zero-order valence-corrected chi connectivity index (χ0v) is 9.99. The van der Waals surface area contributed by atoms with Crippen LogP contribution in [-0.2, 0) is 15.7 Å². The Bertz CT molecular complexity index is 157. The molecule has 0 unspecified atom stereocenters. The molecule has 0 saturated heterocycles. The van der Waals surface area contributed by atoms with Crippen LogP contribution < -0.4 is 0 Å². The molecule has 0 rings (SSSR count). The van der Waals surface area contributed by atoms with Crippen LogP contribution >= 0.6 is 0 Å². The third-order valence-corrected chi connectivity index (χ3v) is 5.23. The standard InChI is InChI=1S/2C2H4O2.2CH3.Sn/c2*1-2(3)4;;;/h2*1H3,(H,3,4);2*1H3;/q;;;;+2/p-2/i;;;;1+36. The summed E-state index contributed by atoms with van der Waals surface area (Å²) in [6.07, 6.45) is 0. The Hall–Kier alpha value is -0.261. The SMILES string of the molecule is CC(=O)[O][2Sn]([CH3])([CH3])[O]C(C)=O. The van der Waals surface area contributed by atoms with Crippen LogP contribution in [0.2, 0.25) is 9.88 Å². The van der Waals surface area contributed by atoms with E-state index in [2.05, 4.69) is 0 Å². The molecule has 5 heteroatoms. The molecule has 4 nitrogen and oxygen atoms in total. The predicted molar refractivity (Wildman–Crippen MR) is 41.0 cm³/mol. The number of carbonyl (C=O) groups excluding carboxylic acids is 2. The summed E-state index contributed by atoms with van der Waals surface area (Å²) >= 11 is -3.23. The fourth-order valence-electron chi connectivity index (χ4n) is 0.713. The van der Waals surface area contributed by atoms with Gasteiger partial charge in [-0.3, -0.25) is 0 Å². The van der Waals surface area contributed by atoms with Gasteiger partial charge in [0.1, 0.15) is 0 Å². The summed E-state index contributed by atoms with van der Waals surface area (Å²) in [6, 6.07) is 0. The molecule has 0 fully saturated rings. The fraction of sp³-hybridized carbons (Fsp3) is 0.667. The molecule has 0 aliphatic heterocycles. The first-order chi connectivity index (χ1) is 4.83. The Balaban J connectivity index is 3.99. The third-order valence-electron chi connectivity index (χ3n) is 0.779. The number of hydrogen-bond donors (Lipinski definition) is 0. The van der Waals surface area contributed by atoms with Gasteiger partial charge in [0.15, 0.2) is 0 Å². The number of hydrogen-bond acceptors (Lipinski definition) is 4. The fourth-order valence-corrected chi connectivity index (χ4v) is 4.78. The molecule has 11 heavy (non-hydrogen) atoms. The van der Waals surface area contributed by atoms with Gasteiger partial charge >= 0.3 is 70.6 Å². The molecule has 0 amide bonds. The summed E-state index contributed by atoms with van der Waals surface area (Å²) in [7, 11) is 0. The van der Waals surface area contributed by atoms with E-state index in [4.69, 9.17) is 6.15 Å². The third kappa shape index (κ3) is 6.15. The first-order valence-electron chi connectivity index (χ1n) is 3.22. The van der Waals surface area contributed by atoms with E-state index in [1.54, 1.807) is 9.88 Å². The molecule has 0 atom stereocenters. The number of carbonyl (C=O) groups is 2. The van der Waals surface area contributed by atoms with Crippen LogP contribution in [0.1, 0.15) is 13.8 Å². The van der Waals surface area contributed by atoms with E-state index in [0.29, 0.717) is 0 Å². The second-order valence-corrected chi connectivity index (χ2v) is 11.7. The van der Waals surface area contributed by atoms with Gasteiger partial charge in [0, 0.05) is 0 Å². The Labute approximate surface area is 70.8 Å². The van der Waals surface area contributed by atoms with Crippen molar-refractivity contribution in [1.82, 2.24) is 0 Å². The quantitative estimate of drug-likeness (QED) is 0.547. The van der Waals surface area contributed by atoms with Crippen LogP contribution in [0.3, 0.4) is 0 Å². The molecule has 0 radical (unpaired) electrons. The second-order valence-electron chi connectivity index (χ2n) is 2.59. The van der Waals surface area contributed by atoms with E-state index in [1.807, 2.05) is 0 Å². The molecule has 0 aromatic heterocycles. The van der Waals surface area contributed by atoms with Crippen molar-refractivity contribution in [3.05, 3.63) is 0 Å². The molecular formula is C6H12O4Sn. The topological polar surface area (TPSA) is 52.6 Å². The summed E-state index contributed by atoms with van der Waals surface area (Å²) in [5.74, 6) is -0.765. The van der Waals surface area contributed by atoms with Crippen LogP contribution in [0, 0.1) is 0 Å². The maximum atomic E-state index is 10.5. The zero-order valence-electron chi connectivity index (χ0n) is 7.13. The Morgan fingerprint density at radius 2 is 1.27 bits per heavy atom. The second kappa shape index (κ2) is 3.94. The number of rotatable bonds is 2. The van der Waals surface area contributed by atoms with Crippen LogP contribution in [0.25, 0.3) is 0 Å². The van der Waals surface area contributed by atoms with Crippen molar-refractivity contribution in [3.63, 3.8) is 0 Å². The van der Waals surface area contributed by atoms with Crippen molar-refractivity contribution in [3.8, 4) is 0 Å². The minimum atomic E-state index is -3.23. The summed E-state index contributed by atoms with van der Waals surface area (Å²) in [5.41, 5.74) is 0. The molecule has 0 saturated carbocycles. The van der Waals surface area contributed by atoms with E-state index in [9.17, 15) is 9.59 Å². The van der Waals surface area contributed by atoms with E-state index in [-0.39, 0.29) is 11.9 Å². The summed E-state index contributed by atoms with van der Waals surface area (Å²) < 4.78 is 9.75. The van der Waals surface area contributed by atoms with Gasteiger partial charge in [-0.1, -0.05) is 0 Å². The first-order valence-corrected chi connectivity index (χ1v) is 11.3. The predicted octanol–water partition coefficient (Wildman–Crippen LogP) is 0.814. The van der Waals surface area contributed by atoms with Crippen molar-refractivity contribution in [2.45, 2.75) is 23.7 Å². The molecule has 64 valence electrons. The van der Waals surface area contributed by atoms with Crippen molar-refractivity contribution < 1.29 is 15.7 Å². The van der Waals surface area contributed by atoms with E-state index < -0.39 is 19.2 Å². The molecule has 0 N–H and O–H groups in total. The van der Waals surface area contributed by atoms with Crippen LogP contribution in [0.15, 0.2) is 0 Å². The van der Waals surface area contributed by atoms with Gasteiger partial charge in [0.05, 0.1) is 0 Å². The summed E-state index contributed by atoms with van der Waals surface area (Å²) in [4.78, 5) is 24.4. The zero-order chi connectivity index (χ0) is 9.07. The Morgan fingerprint density at radius 3 is 1.45 bits per heavy atom. The van der Waals surface area contributed by atoms with Crippen molar-refractivity contribution >= 4 is 31.1 Å². The average Bonchev–Trinajstić information content (AvgIpc) is 1.53. The van der Waals surface area contributed by atoms with Crippen molar-refractivity contribution in [1.29, 1.82) is 0 Å². The van der Waals surface area contributed by atoms with Gasteiger partial charge in [-0.25, -0.2) is 0 Å². The minimum absolute atomic E-state index is 0.382. The van der Waals surface area contributed by atoms with Crippen LogP contribution in [0.5, 0.6) is 0 Å². The van der Waals surface area contributed by atoms with Crippen molar-refractivity contribution in [2.24, 2.45) is 0 Å². The van der Waals surface area contributed by atoms with Crippen LogP contribution in [0.4, 0.5) is 0 Å². The first kappa shape index (κ1) is 10.7. The molecular weight excluding hydrogens is 138 g/mol. The molecule has 0 bridgehead atoms. The molecule has 0 aromatic carbocycles. The molecule has 0 aromatic rings. The molecule has 0 spiro atoms. The van der Waals surface area contributed by atoms with Crippen LogP contribution in [-0.4, -0.2) is 31.1 Å². The molecule has 0 heterocycles. The maximum absolute atomic E-state index is 10.5. The van der Waals surface area contributed by atoms with Gasteiger partial charge in [0.25, 0.3) is 0 Å². The summed E-state index contributed by atoms with van der Waals surface area (Å²) in [6.45, 7) is 2.62. The normalized spacial score (nSPS) is 10.5. The Morgan fingerprint density at radius 1 is 1.00 bits per heavy atom. The molecule has 0 aliphatic rings. The Kier molecular flexibility index (Phi) is 3.85. The van der Waals surface area contributed by atoms with Gasteiger partial charge < -0.3 is 0 Å². The van der Waals surface area contributed by atoms with E-state index >= 15 is 0 Å². The molecule has 0 aliphatic carbocycles. The van der Waals surface area contributed by atoms with Gasteiger partial charge in [-0.05, 0) is 0 Å². The van der Waals surface area contributed by atoms with Gasteiger partial charge in [0.2, 0.25) is 0 Å². The van der Waals surface area contributed by atoms with E-state index in [0.717, 1.165) is 0 Å². The average molecular weight is 150 g/mol. The monoisotopic (exact) mass is 150 g/mol.